The Balaban J connectivity index is 2.58. The van der Waals surface area contributed by atoms with Crippen LogP contribution < -0.4 is 16.7 Å². The Morgan fingerprint density at radius 3 is 2.44 bits per heavy atom. The Bertz CT molecular complexity index is 1100. The number of aromatic amines is 1. The third-order valence-electron chi connectivity index (χ3n) is 6.14. The summed E-state index contributed by atoms with van der Waals surface area (Å²) in [5, 5.41) is 9.49. The van der Waals surface area contributed by atoms with Crippen LogP contribution in [-0.4, -0.2) is 41.4 Å². The molecule has 2 amide bonds. The van der Waals surface area contributed by atoms with Gasteiger partial charge in [-0.3, -0.25) is 20.2 Å². The lowest BCUT2D eigenvalue weighted by Gasteiger charge is -2.35. The number of hydrazine groups is 1. The maximum absolute atomic E-state index is 13.0. The summed E-state index contributed by atoms with van der Waals surface area (Å²) in [6.07, 6.45) is 6.81. The quantitative estimate of drug-likeness (QED) is 0.133. The van der Waals surface area contributed by atoms with E-state index in [1.165, 1.54) is 0 Å². The molecule has 186 valence electrons. The molecule has 0 saturated carbocycles. The molecule has 2 rings (SSSR count). The van der Waals surface area contributed by atoms with Crippen LogP contribution in [0.15, 0.2) is 48.7 Å². The molecular weight excluding hydrogens is 456 g/mol. The van der Waals surface area contributed by atoms with Crippen LogP contribution in [0.3, 0.4) is 0 Å². The summed E-state index contributed by atoms with van der Waals surface area (Å²) < 4.78 is 24.1. The van der Waals surface area contributed by atoms with Crippen LogP contribution >= 0.6 is 0 Å². The van der Waals surface area contributed by atoms with E-state index in [1.807, 2.05) is 54.8 Å². The zero-order valence-electron chi connectivity index (χ0n) is 19.7. The molecule has 34 heavy (non-hydrogen) atoms. The Morgan fingerprint density at radius 2 is 1.94 bits per heavy atom. The SMILES string of the molecule is CCCC(C[C@@H](c1cc(C)c[nH]1)[C@H](C/C=C/c1ccccc1)C(=O)NO)(C(=O)NN)S(C)(=O)=O. The van der Waals surface area contributed by atoms with Gasteiger partial charge in [0.25, 0.3) is 5.91 Å². The molecule has 9 nitrogen and oxygen atoms in total. The highest BCUT2D eigenvalue weighted by Crippen LogP contribution is 2.40. The van der Waals surface area contributed by atoms with Gasteiger partial charge < -0.3 is 4.98 Å². The fourth-order valence-electron chi connectivity index (χ4n) is 4.36. The molecule has 10 heteroatoms. The predicted molar refractivity (Wildman–Crippen MR) is 131 cm³/mol. The molecular formula is C24H34N4O5S. The van der Waals surface area contributed by atoms with Crippen molar-refractivity contribution < 1.29 is 23.2 Å². The van der Waals surface area contributed by atoms with Crippen LogP contribution in [0.25, 0.3) is 6.08 Å². The fourth-order valence-corrected chi connectivity index (χ4v) is 5.82. The third-order valence-corrected chi connectivity index (χ3v) is 8.12. The Morgan fingerprint density at radius 1 is 1.26 bits per heavy atom. The number of hydroxylamine groups is 1. The van der Waals surface area contributed by atoms with E-state index in [9.17, 15) is 23.2 Å². The van der Waals surface area contributed by atoms with Gasteiger partial charge in [0.1, 0.15) is 0 Å². The summed E-state index contributed by atoms with van der Waals surface area (Å²) >= 11 is 0. The summed E-state index contributed by atoms with van der Waals surface area (Å²) in [5.41, 5.74) is 6.12. The molecule has 1 unspecified atom stereocenters. The summed E-state index contributed by atoms with van der Waals surface area (Å²) in [4.78, 5) is 28.8. The average molecular weight is 491 g/mol. The monoisotopic (exact) mass is 490 g/mol. The minimum atomic E-state index is -3.94. The molecule has 0 aliphatic heterocycles. The van der Waals surface area contributed by atoms with Crippen molar-refractivity contribution >= 4 is 27.7 Å². The number of nitrogens with one attached hydrogen (secondary N) is 3. The second-order valence-electron chi connectivity index (χ2n) is 8.56. The van der Waals surface area contributed by atoms with Crippen LogP contribution in [0.2, 0.25) is 0 Å². The average Bonchev–Trinajstić information content (AvgIpc) is 3.24. The van der Waals surface area contributed by atoms with Gasteiger partial charge in [0, 0.05) is 24.1 Å². The highest BCUT2D eigenvalue weighted by molar-refractivity contribution is 7.92. The lowest BCUT2D eigenvalue weighted by Crippen LogP contribution is -2.55. The molecule has 0 aliphatic carbocycles. The third kappa shape index (κ3) is 6.34. The predicted octanol–water partition coefficient (Wildman–Crippen LogP) is 2.60. The van der Waals surface area contributed by atoms with Crippen LogP contribution in [0, 0.1) is 12.8 Å². The number of H-pyrrole nitrogens is 1. The van der Waals surface area contributed by atoms with Gasteiger partial charge in [-0.2, -0.15) is 0 Å². The Kier molecular flexibility index (Phi) is 9.60. The number of rotatable bonds is 12. The topological polar surface area (TPSA) is 154 Å². The number of benzene rings is 1. The van der Waals surface area contributed by atoms with Gasteiger partial charge in [0.2, 0.25) is 5.91 Å². The minimum absolute atomic E-state index is 0.0262. The Labute approximate surface area is 200 Å². The molecule has 0 aliphatic rings. The van der Waals surface area contributed by atoms with E-state index in [0.29, 0.717) is 12.1 Å². The second kappa shape index (κ2) is 12.0. The summed E-state index contributed by atoms with van der Waals surface area (Å²) in [5.74, 6) is 2.30. The first kappa shape index (κ1) is 27.3. The number of hydrogen-bond donors (Lipinski definition) is 5. The maximum Gasteiger partial charge on any atom is 0.255 e. The number of carbonyl (C=O) groups is 2. The van der Waals surface area contributed by atoms with Crippen LogP contribution in [0.4, 0.5) is 0 Å². The molecule has 0 saturated heterocycles. The first-order valence-corrected chi connectivity index (χ1v) is 13.0. The lowest BCUT2D eigenvalue weighted by atomic mass is 9.78. The van der Waals surface area contributed by atoms with Gasteiger partial charge >= 0.3 is 0 Å². The maximum atomic E-state index is 13.0. The van der Waals surface area contributed by atoms with E-state index >= 15 is 0 Å². The van der Waals surface area contributed by atoms with Crippen molar-refractivity contribution in [3.63, 3.8) is 0 Å². The lowest BCUT2D eigenvalue weighted by molar-refractivity contribution is -0.134. The van der Waals surface area contributed by atoms with Crippen molar-refractivity contribution in [2.24, 2.45) is 11.8 Å². The minimum Gasteiger partial charge on any atom is -0.364 e. The van der Waals surface area contributed by atoms with Crippen molar-refractivity contribution in [2.45, 2.75) is 50.2 Å². The van der Waals surface area contributed by atoms with Crippen LogP contribution in [0.1, 0.15) is 55.3 Å². The van der Waals surface area contributed by atoms with Gasteiger partial charge in [0.05, 0.1) is 5.92 Å². The van der Waals surface area contributed by atoms with Crippen LogP contribution in [-0.2, 0) is 19.4 Å². The number of amides is 2. The second-order valence-corrected chi connectivity index (χ2v) is 10.9. The first-order valence-electron chi connectivity index (χ1n) is 11.1. The standard InChI is InChI=1S/C24H34N4O5S/c1-4-13-24(23(30)27-25,34(3,32)33)15-20(21-14-17(2)16-26-21)19(22(29)28-31)12-8-11-18-9-6-5-7-10-18/h5-11,14,16,19-20,26,31H,4,12-13,15,25H2,1-3H3,(H,27,30)(H,28,29)/b11-8+/t19-,20+,24?/m0/s1. The highest BCUT2D eigenvalue weighted by atomic mass is 32.2. The van der Waals surface area contributed by atoms with E-state index < -0.39 is 38.2 Å². The van der Waals surface area contributed by atoms with Crippen molar-refractivity contribution in [3.8, 4) is 0 Å². The number of nitrogens with two attached hydrogens (primary N) is 1. The number of allylic oxidation sites excluding steroid dienone is 1. The van der Waals surface area contributed by atoms with E-state index in [-0.39, 0.29) is 19.3 Å². The van der Waals surface area contributed by atoms with Gasteiger partial charge in [-0.05, 0) is 43.4 Å². The molecule has 2 aromatic rings. The number of aromatic nitrogens is 1. The van der Waals surface area contributed by atoms with Gasteiger partial charge in [-0.1, -0.05) is 55.8 Å². The zero-order chi connectivity index (χ0) is 25.4. The highest BCUT2D eigenvalue weighted by Gasteiger charge is 2.50. The summed E-state index contributed by atoms with van der Waals surface area (Å²) in [6.45, 7) is 3.63. The molecule has 6 N–H and O–H groups in total. The molecule has 0 spiro atoms. The summed E-state index contributed by atoms with van der Waals surface area (Å²) in [6, 6.07) is 11.3. The zero-order valence-corrected chi connectivity index (χ0v) is 20.6. The molecule has 1 heterocycles. The molecule has 0 fully saturated rings. The number of sulfone groups is 1. The van der Waals surface area contributed by atoms with E-state index in [4.69, 9.17) is 5.84 Å². The number of hydrogen-bond acceptors (Lipinski definition) is 6. The molecule has 1 aromatic heterocycles. The van der Waals surface area contributed by atoms with Crippen molar-refractivity contribution in [1.29, 1.82) is 0 Å². The van der Waals surface area contributed by atoms with E-state index in [0.717, 1.165) is 17.4 Å². The van der Waals surface area contributed by atoms with Crippen LogP contribution in [0.5, 0.6) is 0 Å². The van der Waals surface area contributed by atoms with E-state index in [1.54, 1.807) is 24.7 Å². The largest absolute Gasteiger partial charge is 0.364 e. The smallest absolute Gasteiger partial charge is 0.255 e. The van der Waals surface area contributed by atoms with E-state index in [2.05, 4.69) is 4.98 Å². The molecule has 3 atom stereocenters. The number of carbonyl (C=O) groups excluding carboxylic acids is 2. The van der Waals surface area contributed by atoms with Gasteiger partial charge in [0.15, 0.2) is 14.6 Å². The molecule has 0 radical (unpaired) electrons. The van der Waals surface area contributed by atoms with Crippen molar-refractivity contribution in [1.82, 2.24) is 15.9 Å². The summed E-state index contributed by atoms with van der Waals surface area (Å²) in [7, 11) is -3.94. The molecule has 1 aromatic carbocycles. The fraction of sp³-hybridized carbons (Fsp3) is 0.417. The van der Waals surface area contributed by atoms with Gasteiger partial charge in [-0.25, -0.2) is 19.7 Å². The van der Waals surface area contributed by atoms with Crippen molar-refractivity contribution in [2.75, 3.05) is 6.26 Å². The Hall–Kier alpha value is -2.95. The number of aryl methyl sites for hydroxylation is 1. The van der Waals surface area contributed by atoms with Gasteiger partial charge in [-0.15, -0.1) is 0 Å². The first-order chi connectivity index (χ1) is 16.1. The van der Waals surface area contributed by atoms with Crippen molar-refractivity contribution in [3.05, 3.63) is 65.5 Å². The molecule has 0 bridgehead atoms. The normalized spacial score (nSPS) is 15.4.